The molecule has 0 aliphatic rings. The van der Waals surface area contributed by atoms with E-state index in [1.165, 1.54) is 12.5 Å². The monoisotopic (exact) mass is 221 g/mol. The molecule has 0 heterocycles. The van der Waals surface area contributed by atoms with Crippen molar-refractivity contribution in [3.05, 3.63) is 35.9 Å². The van der Waals surface area contributed by atoms with E-state index in [1.807, 2.05) is 25.1 Å². The van der Waals surface area contributed by atoms with Gasteiger partial charge in [-0.15, -0.1) is 0 Å². The van der Waals surface area contributed by atoms with Crippen LogP contribution in [-0.2, 0) is 16.0 Å². The first-order valence-electron chi connectivity index (χ1n) is 5.43. The van der Waals surface area contributed by atoms with Crippen LogP contribution in [0.5, 0.6) is 0 Å². The van der Waals surface area contributed by atoms with Crippen LogP contribution in [0.25, 0.3) is 0 Å². The summed E-state index contributed by atoms with van der Waals surface area (Å²) in [5, 5.41) is 2.82. The van der Waals surface area contributed by atoms with Crippen molar-refractivity contribution < 1.29 is 9.53 Å². The number of carbonyl (C=O) groups excluding carboxylic acids is 1. The maximum absolute atomic E-state index is 11.0. The standard InChI is InChI=1S/C13H19NO2/c1-11(15)14-13(2,16-3)10-9-12-7-5-4-6-8-12/h4-8H,9-10H2,1-3H3,(H,14,15). The van der Waals surface area contributed by atoms with Gasteiger partial charge in [-0.2, -0.15) is 0 Å². The van der Waals surface area contributed by atoms with Gasteiger partial charge in [-0.1, -0.05) is 30.3 Å². The molecule has 88 valence electrons. The van der Waals surface area contributed by atoms with E-state index in [4.69, 9.17) is 4.74 Å². The molecule has 16 heavy (non-hydrogen) atoms. The second-order valence-corrected chi connectivity index (χ2v) is 4.10. The van der Waals surface area contributed by atoms with Gasteiger partial charge in [0.2, 0.25) is 5.91 Å². The maximum Gasteiger partial charge on any atom is 0.219 e. The predicted octanol–water partition coefficient (Wildman–Crippen LogP) is 2.12. The van der Waals surface area contributed by atoms with E-state index in [0.717, 1.165) is 12.8 Å². The minimum atomic E-state index is -0.582. The number of carbonyl (C=O) groups is 1. The highest BCUT2D eigenvalue weighted by Gasteiger charge is 2.23. The van der Waals surface area contributed by atoms with E-state index < -0.39 is 5.72 Å². The van der Waals surface area contributed by atoms with Crippen LogP contribution in [-0.4, -0.2) is 18.7 Å². The summed E-state index contributed by atoms with van der Waals surface area (Å²) in [5.41, 5.74) is 0.665. The van der Waals surface area contributed by atoms with Gasteiger partial charge in [-0.05, 0) is 25.3 Å². The number of rotatable bonds is 5. The summed E-state index contributed by atoms with van der Waals surface area (Å²) >= 11 is 0. The van der Waals surface area contributed by atoms with Gasteiger partial charge in [0.15, 0.2) is 0 Å². The molecule has 1 rings (SSSR count). The Hall–Kier alpha value is -1.35. The van der Waals surface area contributed by atoms with Crippen LogP contribution in [0.15, 0.2) is 30.3 Å². The first kappa shape index (κ1) is 12.7. The fourth-order valence-electron chi connectivity index (χ4n) is 1.62. The Morgan fingerprint density at radius 3 is 2.50 bits per heavy atom. The molecule has 0 aliphatic carbocycles. The molecule has 3 heteroatoms. The molecule has 1 unspecified atom stereocenters. The quantitative estimate of drug-likeness (QED) is 0.773. The number of nitrogens with one attached hydrogen (secondary N) is 1. The molecule has 0 radical (unpaired) electrons. The molecule has 0 aliphatic heterocycles. The number of amides is 1. The number of benzene rings is 1. The molecule has 1 aromatic carbocycles. The van der Waals surface area contributed by atoms with Crippen molar-refractivity contribution in [2.75, 3.05) is 7.11 Å². The molecule has 1 atom stereocenters. The number of aryl methyl sites for hydroxylation is 1. The van der Waals surface area contributed by atoms with Crippen LogP contribution in [0.3, 0.4) is 0 Å². The van der Waals surface area contributed by atoms with Gasteiger partial charge in [0, 0.05) is 14.0 Å². The van der Waals surface area contributed by atoms with Crippen molar-refractivity contribution in [3.8, 4) is 0 Å². The smallest absolute Gasteiger partial charge is 0.219 e. The molecule has 0 bridgehead atoms. The van der Waals surface area contributed by atoms with E-state index in [0.29, 0.717) is 0 Å². The minimum Gasteiger partial charge on any atom is -0.359 e. The lowest BCUT2D eigenvalue weighted by molar-refractivity contribution is -0.128. The molecule has 3 nitrogen and oxygen atoms in total. The van der Waals surface area contributed by atoms with E-state index in [-0.39, 0.29) is 5.91 Å². The molecule has 0 aromatic heterocycles. The van der Waals surface area contributed by atoms with Crippen LogP contribution >= 0.6 is 0 Å². The largest absolute Gasteiger partial charge is 0.359 e. The number of ether oxygens (including phenoxy) is 1. The van der Waals surface area contributed by atoms with E-state index in [2.05, 4.69) is 17.4 Å². The predicted molar refractivity (Wildman–Crippen MR) is 64.0 cm³/mol. The highest BCUT2D eigenvalue weighted by Crippen LogP contribution is 2.14. The number of hydrogen-bond acceptors (Lipinski definition) is 2. The summed E-state index contributed by atoms with van der Waals surface area (Å²) in [6.45, 7) is 3.39. The lowest BCUT2D eigenvalue weighted by Gasteiger charge is -2.28. The molecule has 1 aromatic rings. The van der Waals surface area contributed by atoms with Crippen LogP contribution in [0.1, 0.15) is 25.8 Å². The highest BCUT2D eigenvalue weighted by atomic mass is 16.5. The van der Waals surface area contributed by atoms with Crippen LogP contribution in [0, 0.1) is 0 Å². The third-order valence-electron chi connectivity index (χ3n) is 2.62. The van der Waals surface area contributed by atoms with Crippen molar-refractivity contribution in [3.63, 3.8) is 0 Å². The summed E-state index contributed by atoms with van der Waals surface area (Å²) in [7, 11) is 1.61. The molecule has 0 saturated heterocycles. The Morgan fingerprint density at radius 2 is 2.00 bits per heavy atom. The minimum absolute atomic E-state index is 0.0718. The Bertz CT molecular complexity index is 337. The fourth-order valence-corrected chi connectivity index (χ4v) is 1.62. The molecule has 0 spiro atoms. The first-order chi connectivity index (χ1) is 7.56. The Kier molecular flexibility index (Phi) is 4.50. The Morgan fingerprint density at radius 1 is 1.38 bits per heavy atom. The van der Waals surface area contributed by atoms with Gasteiger partial charge in [-0.25, -0.2) is 0 Å². The Labute approximate surface area is 96.8 Å². The van der Waals surface area contributed by atoms with Crippen LogP contribution in [0.2, 0.25) is 0 Å². The second kappa shape index (κ2) is 5.66. The van der Waals surface area contributed by atoms with Crippen molar-refractivity contribution in [2.24, 2.45) is 0 Å². The highest BCUT2D eigenvalue weighted by molar-refractivity contribution is 5.73. The van der Waals surface area contributed by atoms with Gasteiger partial charge >= 0.3 is 0 Å². The SMILES string of the molecule is COC(C)(CCc1ccccc1)NC(C)=O. The third-order valence-corrected chi connectivity index (χ3v) is 2.62. The molecular weight excluding hydrogens is 202 g/mol. The summed E-state index contributed by atoms with van der Waals surface area (Å²) in [4.78, 5) is 11.0. The van der Waals surface area contributed by atoms with Crippen molar-refractivity contribution in [1.29, 1.82) is 0 Å². The summed E-state index contributed by atoms with van der Waals surface area (Å²) in [6, 6.07) is 10.2. The molecule has 1 N–H and O–H groups in total. The van der Waals surface area contributed by atoms with E-state index in [1.54, 1.807) is 7.11 Å². The second-order valence-electron chi connectivity index (χ2n) is 4.10. The summed E-state index contributed by atoms with van der Waals surface area (Å²) in [6.07, 6.45) is 1.64. The summed E-state index contributed by atoms with van der Waals surface area (Å²) < 4.78 is 5.34. The zero-order chi connectivity index (χ0) is 12.0. The van der Waals surface area contributed by atoms with Crippen LogP contribution in [0.4, 0.5) is 0 Å². The number of methoxy groups -OCH3 is 1. The van der Waals surface area contributed by atoms with Crippen molar-refractivity contribution in [2.45, 2.75) is 32.4 Å². The van der Waals surface area contributed by atoms with E-state index in [9.17, 15) is 4.79 Å². The topological polar surface area (TPSA) is 38.3 Å². The summed E-state index contributed by atoms with van der Waals surface area (Å²) in [5.74, 6) is -0.0718. The zero-order valence-electron chi connectivity index (χ0n) is 10.1. The zero-order valence-corrected chi connectivity index (χ0v) is 10.1. The van der Waals surface area contributed by atoms with E-state index >= 15 is 0 Å². The molecular formula is C13H19NO2. The normalized spacial score (nSPS) is 14.2. The third kappa shape index (κ3) is 4.03. The maximum atomic E-state index is 11.0. The van der Waals surface area contributed by atoms with Gasteiger partial charge < -0.3 is 10.1 Å². The average Bonchev–Trinajstić information content (AvgIpc) is 2.27. The van der Waals surface area contributed by atoms with Gasteiger partial charge in [0.05, 0.1) is 0 Å². The Balaban J connectivity index is 2.54. The van der Waals surface area contributed by atoms with Gasteiger partial charge in [-0.3, -0.25) is 4.79 Å². The first-order valence-corrected chi connectivity index (χ1v) is 5.43. The molecule has 1 amide bonds. The van der Waals surface area contributed by atoms with Crippen molar-refractivity contribution in [1.82, 2.24) is 5.32 Å². The van der Waals surface area contributed by atoms with Gasteiger partial charge in [0.1, 0.15) is 5.72 Å². The van der Waals surface area contributed by atoms with Gasteiger partial charge in [0.25, 0.3) is 0 Å². The van der Waals surface area contributed by atoms with Crippen molar-refractivity contribution >= 4 is 5.91 Å². The van der Waals surface area contributed by atoms with Crippen LogP contribution < -0.4 is 5.32 Å². The fraction of sp³-hybridized carbons (Fsp3) is 0.462. The average molecular weight is 221 g/mol. The lowest BCUT2D eigenvalue weighted by Crippen LogP contribution is -2.46. The number of hydrogen-bond donors (Lipinski definition) is 1. The molecule has 0 saturated carbocycles. The molecule has 0 fully saturated rings. The lowest BCUT2D eigenvalue weighted by atomic mass is 10.0.